The molecule has 2 rings (SSSR count). The molecule has 2 aromatic rings. The van der Waals surface area contributed by atoms with E-state index in [1.54, 1.807) is 0 Å². The van der Waals surface area contributed by atoms with Crippen molar-refractivity contribution in [3.63, 3.8) is 0 Å². The fourth-order valence-electron chi connectivity index (χ4n) is 2.89. The van der Waals surface area contributed by atoms with Gasteiger partial charge in [0.15, 0.2) is 0 Å². The average molecular weight is 340 g/mol. The number of ether oxygens (including phenoxy) is 1. The molecule has 2 aromatic carbocycles. The summed E-state index contributed by atoms with van der Waals surface area (Å²) in [5, 5.41) is 9.70. The largest absolute Gasteiger partial charge is 0.493 e. The monoisotopic (exact) mass is 340 g/mol. The number of hydrogen-bond acceptors (Lipinski definition) is 2. The number of carboxylic acid groups (broad SMARTS) is 1. The highest BCUT2D eigenvalue weighted by molar-refractivity contribution is 5.76. The third-order valence-electron chi connectivity index (χ3n) is 4.45. The molecule has 0 radical (unpaired) electrons. The van der Waals surface area contributed by atoms with Crippen LogP contribution in [0, 0.1) is 6.92 Å². The lowest BCUT2D eigenvalue weighted by molar-refractivity contribution is -0.138. The lowest BCUT2D eigenvalue weighted by Crippen LogP contribution is -2.15. The molecular formula is C22H28O3. The maximum absolute atomic E-state index is 11.8. The number of rotatable bonds is 8. The van der Waals surface area contributed by atoms with Crippen molar-refractivity contribution in [2.75, 3.05) is 6.61 Å². The van der Waals surface area contributed by atoms with Gasteiger partial charge in [0.2, 0.25) is 0 Å². The van der Waals surface area contributed by atoms with Crippen LogP contribution < -0.4 is 4.74 Å². The van der Waals surface area contributed by atoms with Gasteiger partial charge in [0.25, 0.3) is 0 Å². The Morgan fingerprint density at radius 3 is 2.24 bits per heavy atom. The Labute approximate surface area is 150 Å². The van der Waals surface area contributed by atoms with Crippen LogP contribution in [0.1, 0.15) is 61.3 Å². The van der Waals surface area contributed by atoms with Crippen molar-refractivity contribution < 1.29 is 14.6 Å². The van der Waals surface area contributed by atoms with Gasteiger partial charge in [-0.15, -0.1) is 0 Å². The lowest BCUT2D eigenvalue weighted by atomic mass is 9.90. The van der Waals surface area contributed by atoms with Crippen molar-refractivity contribution in [2.24, 2.45) is 0 Å². The molecule has 0 saturated heterocycles. The van der Waals surface area contributed by atoms with Crippen LogP contribution in [-0.2, 0) is 11.2 Å². The Kier molecular flexibility index (Phi) is 6.63. The maximum atomic E-state index is 11.8. The number of aliphatic carboxylic acids is 1. The molecule has 134 valence electrons. The maximum Gasteiger partial charge on any atom is 0.311 e. The molecule has 0 aliphatic rings. The number of hydrogen-bond donors (Lipinski definition) is 1. The molecule has 0 bridgehead atoms. The number of benzene rings is 2. The number of carbonyl (C=O) groups is 1. The summed E-state index contributed by atoms with van der Waals surface area (Å²) in [6.07, 6.45) is 1.44. The minimum atomic E-state index is -0.797. The molecule has 3 heteroatoms. The van der Waals surface area contributed by atoms with Gasteiger partial charge in [-0.25, -0.2) is 0 Å². The third-order valence-corrected chi connectivity index (χ3v) is 4.45. The minimum Gasteiger partial charge on any atom is -0.493 e. The minimum absolute atomic E-state index is 0.475. The molecule has 0 aromatic heterocycles. The topological polar surface area (TPSA) is 46.5 Å². The summed E-state index contributed by atoms with van der Waals surface area (Å²) in [4.78, 5) is 11.8. The smallest absolute Gasteiger partial charge is 0.311 e. The van der Waals surface area contributed by atoms with Gasteiger partial charge in [-0.2, -0.15) is 0 Å². The molecular weight excluding hydrogens is 312 g/mol. The van der Waals surface area contributed by atoms with E-state index >= 15 is 0 Å². The van der Waals surface area contributed by atoms with E-state index in [9.17, 15) is 9.90 Å². The van der Waals surface area contributed by atoms with Crippen molar-refractivity contribution >= 4 is 5.97 Å². The molecule has 0 aliphatic heterocycles. The predicted octanol–water partition coefficient (Wildman–Crippen LogP) is 5.32. The summed E-state index contributed by atoms with van der Waals surface area (Å²) >= 11 is 0. The first kappa shape index (κ1) is 19.0. The summed E-state index contributed by atoms with van der Waals surface area (Å²) in [6, 6.07) is 14.0. The highest BCUT2D eigenvalue weighted by Crippen LogP contribution is 2.27. The first-order valence-corrected chi connectivity index (χ1v) is 8.97. The molecule has 3 nitrogen and oxygen atoms in total. The van der Waals surface area contributed by atoms with E-state index in [1.165, 1.54) is 5.56 Å². The summed E-state index contributed by atoms with van der Waals surface area (Å²) in [6.45, 7) is 9.00. The van der Waals surface area contributed by atoms with Crippen LogP contribution >= 0.6 is 0 Å². The Hall–Kier alpha value is -2.29. The Morgan fingerprint density at radius 2 is 1.72 bits per heavy atom. The van der Waals surface area contributed by atoms with Crippen LogP contribution in [0.5, 0.6) is 5.75 Å². The van der Waals surface area contributed by atoms with Crippen LogP contribution in [0.2, 0.25) is 0 Å². The van der Waals surface area contributed by atoms with Crippen molar-refractivity contribution in [1.29, 1.82) is 0 Å². The van der Waals surface area contributed by atoms with E-state index in [0.29, 0.717) is 18.9 Å². The molecule has 0 heterocycles. The molecule has 25 heavy (non-hydrogen) atoms. The fraction of sp³-hybridized carbons (Fsp3) is 0.409. The lowest BCUT2D eigenvalue weighted by Gasteiger charge is -2.16. The van der Waals surface area contributed by atoms with E-state index < -0.39 is 11.9 Å². The SMILES string of the molecule is CCCOc1ccc(C(Cc2ccc(C(C)C)cc2)C(=O)O)cc1C. The highest BCUT2D eigenvalue weighted by atomic mass is 16.5. The van der Waals surface area contributed by atoms with Crippen molar-refractivity contribution in [1.82, 2.24) is 0 Å². The second-order valence-corrected chi connectivity index (χ2v) is 6.86. The molecule has 1 unspecified atom stereocenters. The van der Waals surface area contributed by atoms with Crippen molar-refractivity contribution in [3.05, 3.63) is 64.7 Å². The molecule has 0 aliphatic carbocycles. The third kappa shape index (κ3) is 5.09. The summed E-state index contributed by atoms with van der Waals surface area (Å²) < 4.78 is 5.69. The summed E-state index contributed by atoms with van der Waals surface area (Å²) in [7, 11) is 0. The predicted molar refractivity (Wildman–Crippen MR) is 102 cm³/mol. The van der Waals surface area contributed by atoms with Crippen LogP contribution in [0.3, 0.4) is 0 Å². The first-order valence-electron chi connectivity index (χ1n) is 8.97. The van der Waals surface area contributed by atoms with Gasteiger partial charge < -0.3 is 9.84 Å². The summed E-state index contributed by atoms with van der Waals surface area (Å²) in [5.41, 5.74) is 4.11. The van der Waals surface area contributed by atoms with Crippen LogP contribution in [0.4, 0.5) is 0 Å². The quantitative estimate of drug-likeness (QED) is 0.707. The van der Waals surface area contributed by atoms with Gasteiger partial charge in [-0.05, 0) is 54.0 Å². The second kappa shape index (κ2) is 8.70. The van der Waals surface area contributed by atoms with Gasteiger partial charge in [-0.3, -0.25) is 4.79 Å². The molecule has 0 spiro atoms. The van der Waals surface area contributed by atoms with E-state index in [4.69, 9.17) is 4.74 Å². The summed E-state index contributed by atoms with van der Waals surface area (Å²) in [5.74, 6) is -0.0444. The van der Waals surface area contributed by atoms with Crippen molar-refractivity contribution in [3.8, 4) is 5.75 Å². The molecule has 1 N–H and O–H groups in total. The van der Waals surface area contributed by atoms with E-state index in [2.05, 4.69) is 32.9 Å². The standard InChI is InChI=1S/C22H28O3/c1-5-12-25-21-11-10-19(13-16(21)4)20(22(23)24)14-17-6-8-18(9-7-17)15(2)3/h6-11,13,15,20H,5,12,14H2,1-4H3,(H,23,24). The zero-order valence-electron chi connectivity index (χ0n) is 15.6. The van der Waals surface area contributed by atoms with Crippen molar-refractivity contribution in [2.45, 2.75) is 52.4 Å². The van der Waals surface area contributed by atoms with E-state index in [0.717, 1.165) is 28.9 Å². The Bertz CT molecular complexity index is 702. The Balaban J connectivity index is 2.20. The zero-order valence-corrected chi connectivity index (χ0v) is 15.6. The fourth-order valence-corrected chi connectivity index (χ4v) is 2.89. The molecule has 0 fully saturated rings. The van der Waals surface area contributed by atoms with Gasteiger partial charge in [0.05, 0.1) is 12.5 Å². The first-order chi connectivity index (χ1) is 11.9. The van der Waals surface area contributed by atoms with E-state index in [-0.39, 0.29) is 0 Å². The van der Waals surface area contributed by atoms with Gasteiger partial charge in [0.1, 0.15) is 5.75 Å². The Morgan fingerprint density at radius 1 is 1.08 bits per heavy atom. The van der Waals surface area contributed by atoms with Crippen LogP contribution in [0.25, 0.3) is 0 Å². The number of carboxylic acids is 1. The normalized spacial score (nSPS) is 12.2. The van der Waals surface area contributed by atoms with Gasteiger partial charge in [0, 0.05) is 0 Å². The van der Waals surface area contributed by atoms with Crippen LogP contribution in [-0.4, -0.2) is 17.7 Å². The molecule has 1 atom stereocenters. The molecule has 0 amide bonds. The van der Waals surface area contributed by atoms with Gasteiger partial charge in [-0.1, -0.05) is 57.2 Å². The van der Waals surface area contributed by atoms with E-state index in [1.807, 2.05) is 37.3 Å². The van der Waals surface area contributed by atoms with Gasteiger partial charge >= 0.3 is 5.97 Å². The molecule has 0 saturated carbocycles. The average Bonchev–Trinajstić information content (AvgIpc) is 2.58. The highest BCUT2D eigenvalue weighted by Gasteiger charge is 2.21. The van der Waals surface area contributed by atoms with Crippen LogP contribution in [0.15, 0.2) is 42.5 Å². The number of aryl methyl sites for hydroxylation is 1. The zero-order chi connectivity index (χ0) is 18.4. The second-order valence-electron chi connectivity index (χ2n) is 6.86.